The normalized spacial score (nSPS) is 10.3. The van der Waals surface area contributed by atoms with E-state index in [0.717, 1.165) is 30.3 Å². The van der Waals surface area contributed by atoms with Crippen molar-refractivity contribution in [2.24, 2.45) is 5.92 Å². The third-order valence-corrected chi connectivity index (χ3v) is 2.07. The second kappa shape index (κ2) is 5.53. The molecule has 14 heavy (non-hydrogen) atoms. The second-order valence-electron chi connectivity index (χ2n) is 3.76. The van der Waals surface area contributed by atoms with Crippen LogP contribution in [0.25, 0.3) is 0 Å². The summed E-state index contributed by atoms with van der Waals surface area (Å²) in [4.78, 5) is 0. The van der Waals surface area contributed by atoms with Gasteiger partial charge in [0.15, 0.2) is 0 Å². The summed E-state index contributed by atoms with van der Waals surface area (Å²) in [5, 5.41) is 4.47. The van der Waals surface area contributed by atoms with Gasteiger partial charge in [-0.3, -0.25) is 5.32 Å². The van der Waals surface area contributed by atoms with Crippen molar-refractivity contribution in [3.8, 4) is 5.75 Å². The monoisotopic (exact) mass is 192 g/mol. The molecule has 0 N–H and O–H groups in total. The van der Waals surface area contributed by atoms with Gasteiger partial charge in [-0.2, -0.15) is 0 Å². The molecule has 0 aromatic heterocycles. The van der Waals surface area contributed by atoms with Crippen LogP contribution in [0.3, 0.4) is 0 Å². The van der Waals surface area contributed by atoms with Crippen LogP contribution in [0.2, 0.25) is 0 Å². The van der Waals surface area contributed by atoms with Gasteiger partial charge in [-0.05, 0) is 36.6 Å². The lowest BCUT2D eigenvalue weighted by Crippen LogP contribution is -2.03. The molecular formula is C12H18NO. The Morgan fingerprint density at radius 1 is 1.21 bits per heavy atom. The van der Waals surface area contributed by atoms with Gasteiger partial charge in [-0.1, -0.05) is 13.8 Å². The van der Waals surface area contributed by atoms with Crippen LogP contribution in [-0.2, 0) is 0 Å². The highest BCUT2D eigenvalue weighted by Gasteiger charge is 1.97. The van der Waals surface area contributed by atoms with Gasteiger partial charge < -0.3 is 4.74 Å². The van der Waals surface area contributed by atoms with Gasteiger partial charge in [0.2, 0.25) is 0 Å². The number of benzene rings is 1. The number of hydrogen-bond acceptors (Lipinski definition) is 1. The zero-order valence-corrected chi connectivity index (χ0v) is 9.16. The van der Waals surface area contributed by atoms with Crippen molar-refractivity contribution in [2.45, 2.75) is 20.3 Å². The molecule has 77 valence electrons. The molecule has 0 heterocycles. The lowest BCUT2D eigenvalue weighted by molar-refractivity contribution is 0.414. The van der Waals surface area contributed by atoms with Crippen LogP contribution in [0.5, 0.6) is 5.75 Å². The minimum atomic E-state index is 0.719. The summed E-state index contributed by atoms with van der Waals surface area (Å²) in [6.07, 6.45) is 1.14. The molecular weight excluding hydrogens is 174 g/mol. The molecule has 0 aliphatic heterocycles. The number of ether oxygens (including phenoxy) is 1. The van der Waals surface area contributed by atoms with E-state index in [9.17, 15) is 0 Å². The number of rotatable bonds is 5. The highest BCUT2D eigenvalue weighted by atomic mass is 16.5. The highest BCUT2D eigenvalue weighted by molar-refractivity contribution is 5.40. The number of hydrogen-bond donors (Lipinski definition) is 0. The second-order valence-corrected chi connectivity index (χ2v) is 3.76. The standard InChI is InChI=1S/C12H18NO/c1-10(2)8-9-13-11-4-6-12(14-3)7-5-11/h4-7,10H,8-9H2,1-3H3. The summed E-state index contributed by atoms with van der Waals surface area (Å²) >= 11 is 0. The topological polar surface area (TPSA) is 23.3 Å². The fourth-order valence-corrected chi connectivity index (χ4v) is 1.14. The van der Waals surface area contributed by atoms with E-state index >= 15 is 0 Å². The van der Waals surface area contributed by atoms with Crippen LogP contribution in [0.15, 0.2) is 24.3 Å². The predicted molar refractivity (Wildman–Crippen MR) is 59.1 cm³/mol. The molecule has 0 spiro atoms. The molecule has 0 saturated carbocycles. The van der Waals surface area contributed by atoms with Crippen molar-refractivity contribution in [3.63, 3.8) is 0 Å². The predicted octanol–water partition coefficient (Wildman–Crippen LogP) is 2.98. The first-order chi connectivity index (χ1) is 6.72. The zero-order chi connectivity index (χ0) is 10.4. The van der Waals surface area contributed by atoms with Crippen molar-refractivity contribution in [2.75, 3.05) is 13.7 Å². The smallest absolute Gasteiger partial charge is 0.119 e. The summed E-state index contributed by atoms with van der Waals surface area (Å²) in [7, 11) is 1.67. The lowest BCUT2D eigenvalue weighted by atomic mass is 10.1. The molecule has 0 fully saturated rings. The average Bonchev–Trinajstić information content (AvgIpc) is 2.18. The van der Waals surface area contributed by atoms with Gasteiger partial charge in [0.25, 0.3) is 0 Å². The minimum absolute atomic E-state index is 0.719. The highest BCUT2D eigenvalue weighted by Crippen LogP contribution is 2.15. The summed E-state index contributed by atoms with van der Waals surface area (Å²) in [6, 6.07) is 7.85. The maximum absolute atomic E-state index is 5.07. The van der Waals surface area contributed by atoms with E-state index in [2.05, 4.69) is 19.2 Å². The van der Waals surface area contributed by atoms with E-state index in [0.29, 0.717) is 0 Å². The maximum atomic E-state index is 5.07. The average molecular weight is 192 g/mol. The maximum Gasteiger partial charge on any atom is 0.119 e. The van der Waals surface area contributed by atoms with E-state index in [-0.39, 0.29) is 0 Å². The third kappa shape index (κ3) is 3.69. The first-order valence-electron chi connectivity index (χ1n) is 5.04. The Balaban J connectivity index is 2.36. The summed E-state index contributed by atoms with van der Waals surface area (Å²) in [6.45, 7) is 5.33. The van der Waals surface area contributed by atoms with Crippen molar-refractivity contribution in [3.05, 3.63) is 24.3 Å². The number of methoxy groups -OCH3 is 1. The molecule has 1 radical (unpaired) electrons. The van der Waals surface area contributed by atoms with Crippen molar-refractivity contribution in [1.29, 1.82) is 0 Å². The molecule has 1 aromatic carbocycles. The van der Waals surface area contributed by atoms with Gasteiger partial charge in [-0.25, -0.2) is 0 Å². The minimum Gasteiger partial charge on any atom is -0.497 e. The van der Waals surface area contributed by atoms with E-state index in [1.165, 1.54) is 0 Å². The van der Waals surface area contributed by atoms with Gasteiger partial charge in [0.1, 0.15) is 5.75 Å². The summed E-state index contributed by atoms with van der Waals surface area (Å²) in [5.41, 5.74) is 1.03. The molecule has 0 aliphatic carbocycles. The summed E-state index contributed by atoms with van der Waals surface area (Å²) < 4.78 is 5.07. The Hall–Kier alpha value is -1.18. The van der Waals surface area contributed by atoms with Crippen LogP contribution >= 0.6 is 0 Å². The number of nitrogens with zero attached hydrogens (tertiary/aromatic N) is 1. The fourth-order valence-electron chi connectivity index (χ4n) is 1.14. The molecule has 0 aliphatic rings. The summed E-state index contributed by atoms with van der Waals surface area (Å²) in [5.74, 6) is 1.60. The van der Waals surface area contributed by atoms with Gasteiger partial charge in [0.05, 0.1) is 12.8 Å². The Morgan fingerprint density at radius 2 is 1.86 bits per heavy atom. The van der Waals surface area contributed by atoms with Crippen molar-refractivity contribution >= 4 is 5.69 Å². The van der Waals surface area contributed by atoms with Crippen LogP contribution in [0.4, 0.5) is 5.69 Å². The third-order valence-electron chi connectivity index (χ3n) is 2.07. The van der Waals surface area contributed by atoms with E-state index < -0.39 is 0 Å². The Bertz CT molecular complexity index is 254. The lowest BCUT2D eigenvalue weighted by Gasteiger charge is -2.06. The van der Waals surface area contributed by atoms with Gasteiger partial charge in [0, 0.05) is 6.54 Å². The molecule has 0 amide bonds. The van der Waals surface area contributed by atoms with Gasteiger partial charge in [-0.15, -0.1) is 0 Å². The van der Waals surface area contributed by atoms with Gasteiger partial charge >= 0.3 is 0 Å². The fraction of sp³-hybridized carbons (Fsp3) is 0.500. The quantitative estimate of drug-likeness (QED) is 0.703. The van der Waals surface area contributed by atoms with E-state index in [1.807, 2.05) is 24.3 Å². The van der Waals surface area contributed by atoms with Crippen LogP contribution in [-0.4, -0.2) is 13.7 Å². The first kappa shape index (κ1) is 10.9. The molecule has 0 unspecified atom stereocenters. The van der Waals surface area contributed by atoms with E-state index in [1.54, 1.807) is 7.11 Å². The Labute approximate surface area is 86.3 Å². The molecule has 2 heteroatoms. The van der Waals surface area contributed by atoms with E-state index in [4.69, 9.17) is 4.74 Å². The largest absolute Gasteiger partial charge is 0.497 e. The molecule has 1 aromatic rings. The zero-order valence-electron chi connectivity index (χ0n) is 9.16. The SMILES string of the molecule is COc1ccc([N]CCC(C)C)cc1. The molecule has 2 nitrogen and oxygen atoms in total. The van der Waals surface area contributed by atoms with Crippen molar-refractivity contribution in [1.82, 2.24) is 5.32 Å². The molecule has 1 rings (SSSR count). The molecule has 0 saturated heterocycles. The van der Waals surface area contributed by atoms with Crippen LogP contribution in [0.1, 0.15) is 20.3 Å². The van der Waals surface area contributed by atoms with Crippen LogP contribution < -0.4 is 10.1 Å². The molecule has 0 atom stereocenters. The molecule has 0 bridgehead atoms. The van der Waals surface area contributed by atoms with Crippen molar-refractivity contribution < 1.29 is 4.74 Å². The van der Waals surface area contributed by atoms with Crippen LogP contribution in [0, 0.1) is 5.92 Å². The Kier molecular flexibility index (Phi) is 4.30. The first-order valence-corrected chi connectivity index (χ1v) is 5.04. The Morgan fingerprint density at radius 3 is 2.36 bits per heavy atom.